The fourth-order valence-electron chi connectivity index (χ4n) is 1.33. The summed E-state index contributed by atoms with van der Waals surface area (Å²) in [5, 5.41) is 13.6. The van der Waals surface area contributed by atoms with Gasteiger partial charge in [0.05, 0.1) is 25.0 Å². The molecule has 0 bridgehead atoms. The van der Waals surface area contributed by atoms with Crippen molar-refractivity contribution < 1.29 is 9.72 Å². The third kappa shape index (κ3) is 3.12. The lowest BCUT2D eigenvalue weighted by Crippen LogP contribution is -2.10. The maximum atomic E-state index is 11.9. The molecular weight excluding hydrogens is 356 g/mol. The Morgan fingerprint density at radius 1 is 1.37 bits per heavy atom. The standard InChI is InChI=1S/C11H6BrClN2O3S/c12-10-6(13)2-1-3-7(10)14-11(16)8-4-5-9(19-8)15(17)18/h1-5H,(H,14,16). The van der Waals surface area contributed by atoms with Gasteiger partial charge in [-0.1, -0.05) is 29.0 Å². The lowest BCUT2D eigenvalue weighted by Gasteiger charge is -2.06. The minimum absolute atomic E-state index is 0.0738. The van der Waals surface area contributed by atoms with Gasteiger partial charge in [-0.15, -0.1) is 0 Å². The zero-order valence-corrected chi connectivity index (χ0v) is 12.4. The number of rotatable bonds is 3. The average molecular weight is 362 g/mol. The highest BCUT2D eigenvalue weighted by atomic mass is 79.9. The number of halogens is 2. The fraction of sp³-hybridized carbons (Fsp3) is 0. The Kier molecular flexibility index (Phi) is 4.18. The minimum atomic E-state index is -0.531. The predicted octanol–water partition coefficient (Wildman–Crippen LogP) is 4.32. The molecule has 98 valence electrons. The predicted molar refractivity (Wildman–Crippen MR) is 78.1 cm³/mol. The van der Waals surface area contributed by atoms with Gasteiger partial charge < -0.3 is 5.32 Å². The maximum Gasteiger partial charge on any atom is 0.324 e. The summed E-state index contributed by atoms with van der Waals surface area (Å²) in [5.74, 6) is -0.416. The molecule has 0 fully saturated rings. The highest BCUT2D eigenvalue weighted by Gasteiger charge is 2.16. The number of nitrogens with zero attached hydrogens (tertiary/aromatic N) is 1. The molecule has 1 aromatic carbocycles. The fourth-order valence-corrected chi connectivity index (χ4v) is 2.59. The van der Waals surface area contributed by atoms with E-state index in [1.807, 2.05) is 0 Å². The Bertz CT molecular complexity index is 659. The molecule has 1 heterocycles. The first kappa shape index (κ1) is 14.0. The van der Waals surface area contributed by atoms with E-state index in [0.29, 0.717) is 15.2 Å². The van der Waals surface area contributed by atoms with E-state index >= 15 is 0 Å². The Balaban J connectivity index is 2.21. The van der Waals surface area contributed by atoms with Crippen molar-refractivity contribution in [3.8, 4) is 0 Å². The molecule has 0 saturated carbocycles. The number of thiophene rings is 1. The molecule has 8 heteroatoms. The smallest absolute Gasteiger partial charge is 0.320 e. The van der Waals surface area contributed by atoms with E-state index in [2.05, 4.69) is 21.2 Å². The molecule has 1 aromatic heterocycles. The Morgan fingerprint density at radius 3 is 2.74 bits per heavy atom. The molecular formula is C11H6BrClN2O3S. The Morgan fingerprint density at radius 2 is 2.11 bits per heavy atom. The number of benzene rings is 1. The van der Waals surface area contributed by atoms with Gasteiger partial charge in [0.25, 0.3) is 5.91 Å². The molecule has 0 unspecified atom stereocenters. The highest BCUT2D eigenvalue weighted by molar-refractivity contribution is 9.10. The lowest BCUT2D eigenvalue weighted by atomic mass is 10.3. The molecule has 19 heavy (non-hydrogen) atoms. The van der Waals surface area contributed by atoms with Crippen LogP contribution in [0.15, 0.2) is 34.8 Å². The number of nitrogens with one attached hydrogen (secondary N) is 1. The molecule has 1 N–H and O–H groups in total. The van der Waals surface area contributed by atoms with Crippen molar-refractivity contribution in [1.29, 1.82) is 0 Å². The van der Waals surface area contributed by atoms with Crippen molar-refractivity contribution in [2.45, 2.75) is 0 Å². The molecule has 0 aliphatic heterocycles. The molecule has 5 nitrogen and oxygen atoms in total. The number of carbonyl (C=O) groups excluding carboxylic acids is 1. The van der Waals surface area contributed by atoms with Crippen LogP contribution in [0, 0.1) is 10.1 Å². The van der Waals surface area contributed by atoms with Crippen LogP contribution in [-0.4, -0.2) is 10.8 Å². The first-order chi connectivity index (χ1) is 8.99. The summed E-state index contributed by atoms with van der Waals surface area (Å²) < 4.78 is 0.566. The van der Waals surface area contributed by atoms with E-state index in [-0.39, 0.29) is 9.88 Å². The summed E-state index contributed by atoms with van der Waals surface area (Å²) >= 11 is 9.98. The number of hydrogen-bond acceptors (Lipinski definition) is 4. The molecule has 0 spiro atoms. The van der Waals surface area contributed by atoms with Crippen molar-refractivity contribution in [3.63, 3.8) is 0 Å². The topological polar surface area (TPSA) is 72.2 Å². The van der Waals surface area contributed by atoms with Crippen LogP contribution in [0.25, 0.3) is 0 Å². The average Bonchev–Trinajstić information content (AvgIpc) is 2.84. The molecule has 0 aliphatic rings. The SMILES string of the molecule is O=C(Nc1cccc(Cl)c1Br)c1ccc([N+](=O)[O-])s1. The van der Waals surface area contributed by atoms with E-state index in [9.17, 15) is 14.9 Å². The number of carbonyl (C=O) groups is 1. The van der Waals surface area contributed by atoms with Crippen molar-refractivity contribution >= 4 is 55.5 Å². The Hall–Kier alpha value is -1.44. The van der Waals surface area contributed by atoms with Crippen LogP contribution in [0.3, 0.4) is 0 Å². The van der Waals surface area contributed by atoms with Crippen LogP contribution in [0.2, 0.25) is 5.02 Å². The molecule has 0 aliphatic carbocycles. The summed E-state index contributed by atoms with van der Waals surface area (Å²) in [6.45, 7) is 0. The third-order valence-corrected chi connectivity index (χ3v) is 4.63. The van der Waals surface area contributed by atoms with Gasteiger partial charge in [-0.2, -0.15) is 0 Å². The van der Waals surface area contributed by atoms with Crippen LogP contribution in [-0.2, 0) is 0 Å². The van der Waals surface area contributed by atoms with Gasteiger partial charge >= 0.3 is 5.00 Å². The van der Waals surface area contributed by atoms with Crippen LogP contribution < -0.4 is 5.32 Å². The molecule has 0 saturated heterocycles. The Labute approximate surface area is 125 Å². The number of hydrogen-bond donors (Lipinski definition) is 1. The van der Waals surface area contributed by atoms with E-state index in [0.717, 1.165) is 11.3 Å². The zero-order chi connectivity index (χ0) is 14.0. The van der Waals surface area contributed by atoms with Gasteiger partial charge in [-0.3, -0.25) is 14.9 Å². The van der Waals surface area contributed by atoms with Gasteiger partial charge in [-0.05, 0) is 34.1 Å². The van der Waals surface area contributed by atoms with Crippen molar-refractivity contribution in [2.24, 2.45) is 0 Å². The highest BCUT2D eigenvalue weighted by Crippen LogP contribution is 2.31. The van der Waals surface area contributed by atoms with E-state index in [1.54, 1.807) is 18.2 Å². The number of amides is 1. The van der Waals surface area contributed by atoms with Crippen LogP contribution >= 0.6 is 38.9 Å². The largest absolute Gasteiger partial charge is 0.324 e. The van der Waals surface area contributed by atoms with Gasteiger partial charge in [0.2, 0.25) is 0 Å². The van der Waals surface area contributed by atoms with E-state index in [4.69, 9.17) is 11.6 Å². The third-order valence-electron chi connectivity index (χ3n) is 2.20. The normalized spacial score (nSPS) is 10.2. The number of anilines is 1. The second-order valence-corrected chi connectivity index (χ2v) is 5.71. The first-order valence-electron chi connectivity index (χ1n) is 4.98. The monoisotopic (exact) mass is 360 g/mol. The summed E-state index contributed by atoms with van der Waals surface area (Å²) in [4.78, 5) is 22.2. The van der Waals surface area contributed by atoms with Crippen molar-refractivity contribution in [3.05, 3.63) is 54.8 Å². The van der Waals surface area contributed by atoms with Crippen molar-refractivity contribution in [2.75, 3.05) is 5.32 Å². The molecule has 2 aromatic rings. The molecule has 0 atom stereocenters. The summed E-state index contributed by atoms with van der Waals surface area (Å²) in [5.41, 5.74) is 0.508. The van der Waals surface area contributed by atoms with Gasteiger partial charge in [0.15, 0.2) is 0 Å². The molecule has 0 radical (unpaired) electrons. The summed E-state index contributed by atoms with van der Waals surface area (Å²) in [6, 6.07) is 7.76. The quantitative estimate of drug-likeness (QED) is 0.653. The molecule has 2 rings (SSSR count). The van der Waals surface area contributed by atoms with Crippen LogP contribution in [0.5, 0.6) is 0 Å². The van der Waals surface area contributed by atoms with Crippen molar-refractivity contribution in [1.82, 2.24) is 0 Å². The van der Waals surface area contributed by atoms with Gasteiger partial charge in [0.1, 0.15) is 0 Å². The van der Waals surface area contributed by atoms with Crippen LogP contribution in [0.4, 0.5) is 10.7 Å². The van der Waals surface area contributed by atoms with Gasteiger partial charge in [0, 0.05) is 6.07 Å². The van der Waals surface area contributed by atoms with Gasteiger partial charge in [-0.25, -0.2) is 0 Å². The molecule has 1 amide bonds. The lowest BCUT2D eigenvalue weighted by molar-refractivity contribution is -0.380. The summed E-state index contributed by atoms with van der Waals surface area (Å²) in [7, 11) is 0. The first-order valence-corrected chi connectivity index (χ1v) is 6.97. The second-order valence-electron chi connectivity index (χ2n) is 3.45. The van der Waals surface area contributed by atoms with E-state index < -0.39 is 10.8 Å². The van der Waals surface area contributed by atoms with Crippen LogP contribution in [0.1, 0.15) is 9.67 Å². The minimum Gasteiger partial charge on any atom is -0.320 e. The summed E-state index contributed by atoms with van der Waals surface area (Å²) in [6.07, 6.45) is 0. The second kappa shape index (κ2) is 5.68. The maximum absolute atomic E-state index is 11.9. The zero-order valence-electron chi connectivity index (χ0n) is 9.22. The van der Waals surface area contributed by atoms with E-state index in [1.165, 1.54) is 12.1 Å². The number of nitro groups is 1.